The molecule has 1 fully saturated rings. The first-order valence-electron chi connectivity index (χ1n) is 6.02. The van der Waals surface area contributed by atoms with Gasteiger partial charge in [-0.15, -0.1) is 5.10 Å². The van der Waals surface area contributed by atoms with E-state index < -0.39 is 0 Å². The molecule has 1 saturated carbocycles. The summed E-state index contributed by atoms with van der Waals surface area (Å²) in [4.78, 5) is 0. The van der Waals surface area contributed by atoms with Crippen LogP contribution in [0, 0.1) is 17.2 Å². The lowest BCUT2D eigenvalue weighted by molar-refractivity contribution is 0.335. The second-order valence-corrected chi connectivity index (χ2v) is 4.45. The SMILES string of the molecule is N#CCn1nnnc1CCC1CCCCC1. The fourth-order valence-corrected chi connectivity index (χ4v) is 2.40. The molecule has 1 aromatic rings. The number of nitriles is 1. The first-order chi connectivity index (χ1) is 7.90. The minimum Gasteiger partial charge on any atom is -0.215 e. The van der Waals surface area contributed by atoms with Crippen molar-refractivity contribution < 1.29 is 0 Å². The highest BCUT2D eigenvalue weighted by atomic mass is 15.5. The number of nitrogens with zero attached hydrogens (tertiary/aromatic N) is 5. The predicted molar refractivity (Wildman–Crippen MR) is 58.3 cm³/mol. The van der Waals surface area contributed by atoms with E-state index in [1.807, 2.05) is 0 Å². The molecule has 0 aromatic carbocycles. The zero-order chi connectivity index (χ0) is 11.2. The van der Waals surface area contributed by atoms with Crippen LogP contribution in [-0.4, -0.2) is 20.2 Å². The lowest BCUT2D eigenvalue weighted by Gasteiger charge is -2.20. The summed E-state index contributed by atoms with van der Waals surface area (Å²) in [5.41, 5.74) is 0. The predicted octanol–water partition coefficient (Wildman–Crippen LogP) is 1.71. The number of aromatic nitrogens is 4. The van der Waals surface area contributed by atoms with Crippen LogP contribution in [-0.2, 0) is 13.0 Å². The quantitative estimate of drug-likeness (QED) is 0.773. The van der Waals surface area contributed by atoms with Crippen LogP contribution < -0.4 is 0 Å². The van der Waals surface area contributed by atoms with E-state index >= 15 is 0 Å². The molecular weight excluding hydrogens is 202 g/mol. The molecule has 1 aromatic heterocycles. The molecule has 16 heavy (non-hydrogen) atoms. The van der Waals surface area contributed by atoms with Gasteiger partial charge in [-0.3, -0.25) is 0 Å². The summed E-state index contributed by atoms with van der Waals surface area (Å²) in [6, 6.07) is 2.07. The van der Waals surface area contributed by atoms with Gasteiger partial charge >= 0.3 is 0 Å². The van der Waals surface area contributed by atoms with E-state index in [1.54, 1.807) is 4.68 Å². The Labute approximate surface area is 95.5 Å². The highest BCUT2D eigenvalue weighted by Gasteiger charge is 2.15. The minimum absolute atomic E-state index is 0.257. The molecule has 1 aliphatic carbocycles. The van der Waals surface area contributed by atoms with E-state index in [0.717, 1.165) is 24.6 Å². The van der Waals surface area contributed by atoms with Crippen LogP contribution in [0.4, 0.5) is 0 Å². The van der Waals surface area contributed by atoms with Crippen LogP contribution in [0.5, 0.6) is 0 Å². The monoisotopic (exact) mass is 219 g/mol. The van der Waals surface area contributed by atoms with Gasteiger partial charge in [-0.2, -0.15) is 5.26 Å². The summed E-state index contributed by atoms with van der Waals surface area (Å²) in [5, 5.41) is 20.0. The molecule has 0 aliphatic heterocycles. The number of hydrogen-bond acceptors (Lipinski definition) is 4. The van der Waals surface area contributed by atoms with Gasteiger partial charge in [0, 0.05) is 6.42 Å². The van der Waals surface area contributed by atoms with Crippen molar-refractivity contribution in [2.45, 2.75) is 51.5 Å². The van der Waals surface area contributed by atoms with E-state index in [-0.39, 0.29) is 6.54 Å². The molecule has 0 amide bonds. The Kier molecular flexibility index (Phi) is 3.86. The molecule has 5 nitrogen and oxygen atoms in total. The fourth-order valence-electron chi connectivity index (χ4n) is 2.40. The minimum atomic E-state index is 0.257. The van der Waals surface area contributed by atoms with Gasteiger partial charge in [0.1, 0.15) is 6.54 Å². The van der Waals surface area contributed by atoms with Gasteiger partial charge in [-0.25, -0.2) is 4.68 Å². The Morgan fingerprint density at radius 1 is 1.31 bits per heavy atom. The Hall–Kier alpha value is -1.44. The van der Waals surface area contributed by atoms with E-state index in [1.165, 1.54) is 32.1 Å². The van der Waals surface area contributed by atoms with Crippen LogP contribution in [0.3, 0.4) is 0 Å². The molecule has 5 heteroatoms. The summed E-state index contributed by atoms with van der Waals surface area (Å²) >= 11 is 0. The first-order valence-corrected chi connectivity index (χ1v) is 6.02. The van der Waals surface area contributed by atoms with E-state index in [0.29, 0.717) is 0 Å². The molecule has 86 valence electrons. The lowest BCUT2D eigenvalue weighted by Crippen LogP contribution is -2.10. The maximum absolute atomic E-state index is 8.61. The number of rotatable bonds is 4. The molecule has 2 rings (SSSR count). The number of hydrogen-bond donors (Lipinski definition) is 0. The molecule has 0 radical (unpaired) electrons. The molecule has 0 spiro atoms. The van der Waals surface area contributed by atoms with Crippen LogP contribution in [0.2, 0.25) is 0 Å². The van der Waals surface area contributed by atoms with Gasteiger partial charge in [0.15, 0.2) is 5.82 Å². The molecule has 0 atom stereocenters. The van der Waals surface area contributed by atoms with Crippen molar-refractivity contribution in [2.24, 2.45) is 5.92 Å². The fraction of sp³-hybridized carbons (Fsp3) is 0.818. The van der Waals surface area contributed by atoms with E-state index in [2.05, 4.69) is 21.6 Å². The van der Waals surface area contributed by atoms with Crippen LogP contribution in [0.15, 0.2) is 0 Å². The first kappa shape index (κ1) is 11.1. The summed E-state index contributed by atoms with van der Waals surface area (Å²) in [6.45, 7) is 0.257. The Balaban J connectivity index is 1.84. The molecule has 1 aliphatic rings. The standard InChI is InChI=1S/C11H17N5/c12-8-9-16-11(13-14-15-16)7-6-10-4-2-1-3-5-10/h10H,1-7,9H2. The van der Waals surface area contributed by atoms with Crippen molar-refractivity contribution in [1.29, 1.82) is 5.26 Å². The maximum atomic E-state index is 8.61. The molecule has 0 unspecified atom stereocenters. The number of aryl methyl sites for hydroxylation is 1. The van der Waals surface area contributed by atoms with Crippen molar-refractivity contribution in [2.75, 3.05) is 0 Å². The molecule has 1 heterocycles. The van der Waals surface area contributed by atoms with Gasteiger partial charge in [-0.05, 0) is 22.8 Å². The van der Waals surface area contributed by atoms with Gasteiger partial charge in [0.25, 0.3) is 0 Å². The van der Waals surface area contributed by atoms with Crippen LogP contribution in [0.1, 0.15) is 44.3 Å². The second kappa shape index (κ2) is 5.59. The van der Waals surface area contributed by atoms with E-state index in [4.69, 9.17) is 5.26 Å². The molecular formula is C11H17N5. The smallest absolute Gasteiger partial charge is 0.152 e. The second-order valence-electron chi connectivity index (χ2n) is 4.45. The topological polar surface area (TPSA) is 67.4 Å². The highest BCUT2D eigenvalue weighted by Crippen LogP contribution is 2.27. The van der Waals surface area contributed by atoms with Crippen LogP contribution in [0.25, 0.3) is 0 Å². The average Bonchev–Trinajstić information content (AvgIpc) is 2.76. The lowest BCUT2D eigenvalue weighted by atomic mass is 9.86. The average molecular weight is 219 g/mol. The van der Waals surface area contributed by atoms with Gasteiger partial charge in [0.05, 0.1) is 6.07 Å². The van der Waals surface area contributed by atoms with Gasteiger partial charge in [0.2, 0.25) is 0 Å². The van der Waals surface area contributed by atoms with Crippen molar-refractivity contribution >= 4 is 0 Å². The van der Waals surface area contributed by atoms with Crippen molar-refractivity contribution in [1.82, 2.24) is 20.2 Å². The van der Waals surface area contributed by atoms with Crippen molar-refractivity contribution in [3.63, 3.8) is 0 Å². The zero-order valence-corrected chi connectivity index (χ0v) is 9.47. The van der Waals surface area contributed by atoms with Crippen LogP contribution >= 0.6 is 0 Å². The van der Waals surface area contributed by atoms with Gasteiger partial charge in [-0.1, -0.05) is 32.1 Å². The van der Waals surface area contributed by atoms with Crippen molar-refractivity contribution in [3.8, 4) is 6.07 Å². The Bertz CT molecular complexity index is 359. The third-order valence-corrected chi connectivity index (χ3v) is 3.33. The third-order valence-electron chi connectivity index (χ3n) is 3.33. The molecule has 0 saturated heterocycles. The zero-order valence-electron chi connectivity index (χ0n) is 9.47. The summed E-state index contributed by atoms with van der Waals surface area (Å²) in [6.07, 6.45) is 8.88. The summed E-state index contributed by atoms with van der Waals surface area (Å²) in [7, 11) is 0. The number of tetrazole rings is 1. The van der Waals surface area contributed by atoms with Crippen molar-refractivity contribution in [3.05, 3.63) is 5.82 Å². The molecule has 0 bridgehead atoms. The van der Waals surface area contributed by atoms with Gasteiger partial charge < -0.3 is 0 Å². The largest absolute Gasteiger partial charge is 0.215 e. The normalized spacial score (nSPS) is 17.2. The summed E-state index contributed by atoms with van der Waals surface area (Å²) < 4.78 is 1.60. The summed E-state index contributed by atoms with van der Waals surface area (Å²) in [5.74, 6) is 1.69. The molecule has 0 N–H and O–H groups in total. The third kappa shape index (κ3) is 2.78. The maximum Gasteiger partial charge on any atom is 0.152 e. The highest BCUT2D eigenvalue weighted by molar-refractivity contribution is 4.86. The Morgan fingerprint density at radius 3 is 2.88 bits per heavy atom. The van der Waals surface area contributed by atoms with E-state index in [9.17, 15) is 0 Å². The Morgan fingerprint density at radius 2 is 2.12 bits per heavy atom.